The molecule has 0 saturated carbocycles. The first-order valence-electron chi connectivity index (χ1n) is 6.91. The molecule has 1 aromatic carbocycles. The van der Waals surface area contributed by atoms with E-state index in [0.717, 1.165) is 0 Å². The van der Waals surface area contributed by atoms with Gasteiger partial charge >= 0.3 is 0 Å². The fourth-order valence-corrected chi connectivity index (χ4v) is 2.35. The van der Waals surface area contributed by atoms with Gasteiger partial charge in [-0.15, -0.1) is 10.2 Å². The standard InChI is InChI=1S/C15H14N6O2/c1-15(7-11(22)21(2)14(17)18-15)13-20-19-12(23-13)10-5-3-4-9(6-10)8-16/h3-6H,7H2,1-2H3,(H2,17,18)/t15-/m0/s1. The highest BCUT2D eigenvalue weighted by atomic mass is 16.4. The molecular weight excluding hydrogens is 296 g/mol. The minimum Gasteiger partial charge on any atom is -0.418 e. The number of guanidine groups is 1. The smallest absolute Gasteiger partial charge is 0.247 e. The fourth-order valence-electron chi connectivity index (χ4n) is 2.35. The van der Waals surface area contributed by atoms with Gasteiger partial charge in [-0.1, -0.05) is 6.07 Å². The summed E-state index contributed by atoms with van der Waals surface area (Å²) in [5.41, 5.74) is 0.183. The molecule has 23 heavy (non-hydrogen) atoms. The number of carbonyl (C=O) groups is 1. The molecule has 1 saturated heterocycles. The zero-order valence-corrected chi connectivity index (χ0v) is 12.6. The van der Waals surface area contributed by atoms with Gasteiger partial charge in [0.25, 0.3) is 0 Å². The van der Waals surface area contributed by atoms with Gasteiger partial charge < -0.3 is 9.73 Å². The van der Waals surface area contributed by atoms with Gasteiger partial charge in [0.05, 0.1) is 18.1 Å². The van der Waals surface area contributed by atoms with E-state index in [2.05, 4.69) is 21.6 Å². The van der Waals surface area contributed by atoms with Crippen molar-refractivity contribution in [3.05, 3.63) is 35.7 Å². The number of rotatable bonds is 2. The number of nitriles is 1. The second-order valence-electron chi connectivity index (χ2n) is 5.54. The van der Waals surface area contributed by atoms with Crippen molar-refractivity contribution in [2.75, 3.05) is 7.05 Å². The molecule has 8 heteroatoms. The topological polar surface area (TPSA) is 119 Å². The maximum atomic E-state index is 12.0. The summed E-state index contributed by atoms with van der Waals surface area (Å²) in [6.07, 6.45) is 0.103. The molecule has 0 bridgehead atoms. The van der Waals surface area contributed by atoms with Crippen LogP contribution in [0, 0.1) is 16.7 Å². The van der Waals surface area contributed by atoms with Gasteiger partial charge in [0, 0.05) is 12.6 Å². The Morgan fingerprint density at radius 1 is 1.48 bits per heavy atom. The number of carbonyl (C=O) groups excluding carboxylic acids is 1. The molecule has 1 aromatic heterocycles. The van der Waals surface area contributed by atoms with Crippen molar-refractivity contribution in [3.8, 4) is 17.5 Å². The molecule has 1 aliphatic heterocycles. The average Bonchev–Trinajstić information content (AvgIpc) is 3.03. The van der Waals surface area contributed by atoms with Gasteiger partial charge in [-0.25, -0.2) is 0 Å². The normalized spacial score (nSPS) is 21.0. The van der Waals surface area contributed by atoms with Crippen molar-refractivity contribution in [2.45, 2.75) is 18.9 Å². The monoisotopic (exact) mass is 310 g/mol. The molecular formula is C15H14N6O2. The summed E-state index contributed by atoms with van der Waals surface area (Å²) in [5, 5.41) is 27.7. The Morgan fingerprint density at radius 2 is 2.26 bits per heavy atom. The van der Waals surface area contributed by atoms with Gasteiger partial charge in [-0.3, -0.25) is 15.1 Å². The SMILES string of the molecule is CN1C(=N)N[C@](C)(c2nnc(-c3cccc(C#N)c3)o2)CC1=O. The molecule has 2 heterocycles. The molecule has 1 amide bonds. The summed E-state index contributed by atoms with van der Waals surface area (Å²) in [4.78, 5) is 13.2. The van der Waals surface area contributed by atoms with Crippen LogP contribution in [0.4, 0.5) is 0 Å². The minimum absolute atomic E-state index is 0.0185. The number of nitrogens with one attached hydrogen (secondary N) is 2. The van der Waals surface area contributed by atoms with Crippen molar-refractivity contribution >= 4 is 11.9 Å². The largest absolute Gasteiger partial charge is 0.418 e. The third-order valence-electron chi connectivity index (χ3n) is 3.74. The highest BCUT2D eigenvalue weighted by Crippen LogP contribution is 2.30. The molecule has 0 unspecified atom stereocenters. The third-order valence-corrected chi connectivity index (χ3v) is 3.74. The molecule has 8 nitrogen and oxygen atoms in total. The number of nitrogens with zero attached hydrogens (tertiary/aromatic N) is 4. The highest BCUT2D eigenvalue weighted by Gasteiger charge is 2.42. The average molecular weight is 310 g/mol. The van der Waals surface area contributed by atoms with Crippen LogP contribution in [-0.2, 0) is 10.3 Å². The van der Waals surface area contributed by atoms with Crippen LogP contribution in [0.25, 0.3) is 11.5 Å². The Bertz CT molecular complexity index is 816. The molecule has 3 rings (SSSR count). The molecule has 2 N–H and O–H groups in total. The van der Waals surface area contributed by atoms with Crippen LogP contribution in [0.15, 0.2) is 28.7 Å². The van der Waals surface area contributed by atoms with Gasteiger partial charge in [-0.05, 0) is 25.1 Å². The molecule has 2 aromatic rings. The molecule has 116 valence electrons. The second-order valence-corrected chi connectivity index (χ2v) is 5.54. The van der Waals surface area contributed by atoms with E-state index in [4.69, 9.17) is 15.1 Å². The number of hydrogen-bond donors (Lipinski definition) is 2. The van der Waals surface area contributed by atoms with Crippen molar-refractivity contribution in [2.24, 2.45) is 0 Å². The van der Waals surface area contributed by atoms with E-state index < -0.39 is 5.54 Å². The van der Waals surface area contributed by atoms with Gasteiger partial charge in [-0.2, -0.15) is 5.26 Å². The molecule has 1 aliphatic rings. The van der Waals surface area contributed by atoms with Crippen LogP contribution >= 0.6 is 0 Å². The number of benzene rings is 1. The van der Waals surface area contributed by atoms with Crippen molar-refractivity contribution < 1.29 is 9.21 Å². The maximum absolute atomic E-state index is 12.0. The predicted octanol–water partition coefficient (Wildman–Crippen LogP) is 1.21. The molecule has 1 fully saturated rings. The van der Waals surface area contributed by atoms with E-state index in [-0.39, 0.29) is 30.1 Å². The van der Waals surface area contributed by atoms with Gasteiger partial charge in [0.15, 0.2) is 5.96 Å². The minimum atomic E-state index is -0.932. The lowest BCUT2D eigenvalue weighted by molar-refractivity contribution is -0.129. The summed E-state index contributed by atoms with van der Waals surface area (Å²) < 4.78 is 5.68. The molecule has 1 atom stereocenters. The zero-order chi connectivity index (χ0) is 16.6. The predicted molar refractivity (Wildman–Crippen MR) is 80.1 cm³/mol. The second kappa shape index (κ2) is 5.21. The summed E-state index contributed by atoms with van der Waals surface area (Å²) >= 11 is 0. The Kier molecular flexibility index (Phi) is 3.33. The fraction of sp³-hybridized carbons (Fsp3) is 0.267. The van der Waals surface area contributed by atoms with E-state index >= 15 is 0 Å². The first-order valence-corrected chi connectivity index (χ1v) is 6.91. The zero-order valence-electron chi connectivity index (χ0n) is 12.6. The van der Waals surface area contributed by atoms with Crippen molar-refractivity contribution in [3.63, 3.8) is 0 Å². The Balaban J connectivity index is 1.94. The Labute approximate surface area is 132 Å². The van der Waals surface area contributed by atoms with Crippen LogP contribution in [0.3, 0.4) is 0 Å². The number of aromatic nitrogens is 2. The van der Waals surface area contributed by atoms with E-state index in [0.29, 0.717) is 11.1 Å². The summed E-state index contributed by atoms with van der Waals surface area (Å²) in [6, 6.07) is 8.87. The quantitative estimate of drug-likeness (QED) is 0.860. The third kappa shape index (κ3) is 2.53. The highest BCUT2D eigenvalue weighted by molar-refractivity contribution is 5.98. The number of hydrogen-bond acceptors (Lipinski definition) is 6. The Hall–Kier alpha value is -3.21. The van der Waals surface area contributed by atoms with Crippen LogP contribution in [-0.4, -0.2) is 34.0 Å². The lowest BCUT2D eigenvalue weighted by atomic mass is 9.95. The van der Waals surface area contributed by atoms with Crippen molar-refractivity contribution in [1.29, 1.82) is 10.7 Å². The molecule has 0 radical (unpaired) electrons. The molecule has 0 spiro atoms. The lowest BCUT2D eigenvalue weighted by Crippen LogP contribution is -2.58. The van der Waals surface area contributed by atoms with Gasteiger partial charge in [0.2, 0.25) is 17.7 Å². The van der Waals surface area contributed by atoms with Crippen LogP contribution in [0.1, 0.15) is 24.8 Å². The summed E-state index contributed by atoms with van der Waals surface area (Å²) in [6.45, 7) is 1.73. The summed E-state index contributed by atoms with van der Waals surface area (Å²) in [7, 11) is 1.53. The Morgan fingerprint density at radius 3 is 2.96 bits per heavy atom. The van der Waals surface area contributed by atoms with Crippen LogP contribution in [0.2, 0.25) is 0 Å². The first kappa shape index (κ1) is 14.7. The molecule has 0 aliphatic carbocycles. The van der Waals surface area contributed by atoms with Crippen LogP contribution in [0.5, 0.6) is 0 Å². The van der Waals surface area contributed by atoms with Crippen molar-refractivity contribution in [1.82, 2.24) is 20.4 Å². The van der Waals surface area contributed by atoms with Gasteiger partial charge in [0.1, 0.15) is 5.54 Å². The van der Waals surface area contributed by atoms with Crippen LogP contribution < -0.4 is 5.32 Å². The summed E-state index contributed by atoms with van der Waals surface area (Å²) in [5.74, 6) is 0.261. The maximum Gasteiger partial charge on any atom is 0.247 e. The first-order chi connectivity index (χ1) is 10.9. The lowest BCUT2D eigenvalue weighted by Gasteiger charge is -2.36. The van der Waals surface area contributed by atoms with E-state index in [1.165, 1.54) is 11.9 Å². The number of amides is 1. The van der Waals surface area contributed by atoms with E-state index in [9.17, 15) is 4.79 Å². The van der Waals surface area contributed by atoms with E-state index in [1.54, 1.807) is 31.2 Å². The van der Waals surface area contributed by atoms with E-state index in [1.807, 2.05) is 0 Å².